The molecule has 0 spiro atoms. The van der Waals surface area contributed by atoms with Gasteiger partial charge in [0, 0.05) is 11.8 Å². The second-order valence-electron chi connectivity index (χ2n) is 5.74. The number of halogens is 2. The quantitative estimate of drug-likeness (QED) is 0.686. The number of carbonyl (C=O) groups is 1. The number of aromatic amines is 1. The Labute approximate surface area is 160 Å². The molecular weight excluding hydrogens is 373 g/mol. The molecule has 27 heavy (non-hydrogen) atoms. The standard InChI is InChI=1S/C18H17ClFN5O2/c1-11-8-22-24-16(11)10-25(13-4-6-17(27-2)21-9-13)18(26)23-12-3-5-15(20)14(19)7-12/h3-9H,10H2,1-2H3,(H,22,24)(H,23,26). The van der Waals surface area contributed by atoms with Crippen molar-refractivity contribution >= 4 is 29.0 Å². The molecule has 3 rings (SSSR count). The Morgan fingerprint density at radius 1 is 1.33 bits per heavy atom. The molecule has 1 aromatic carbocycles. The largest absolute Gasteiger partial charge is 0.481 e. The number of carbonyl (C=O) groups excluding carboxylic acids is 1. The van der Waals surface area contributed by atoms with E-state index in [0.717, 1.165) is 11.3 Å². The molecule has 0 saturated carbocycles. The van der Waals surface area contributed by atoms with Gasteiger partial charge in [-0.1, -0.05) is 11.6 Å². The molecule has 2 N–H and O–H groups in total. The highest BCUT2D eigenvalue weighted by Crippen LogP contribution is 2.23. The van der Waals surface area contributed by atoms with Gasteiger partial charge in [-0.2, -0.15) is 5.10 Å². The Kier molecular flexibility index (Phi) is 5.56. The van der Waals surface area contributed by atoms with E-state index in [2.05, 4.69) is 20.5 Å². The molecule has 140 valence electrons. The van der Waals surface area contributed by atoms with Gasteiger partial charge >= 0.3 is 6.03 Å². The number of hydrogen-bond acceptors (Lipinski definition) is 4. The van der Waals surface area contributed by atoms with E-state index in [1.807, 2.05) is 6.92 Å². The van der Waals surface area contributed by atoms with Gasteiger partial charge in [0.1, 0.15) is 5.82 Å². The minimum Gasteiger partial charge on any atom is -0.481 e. The summed E-state index contributed by atoms with van der Waals surface area (Å²) in [6.45, 7) is 2.13. The molecular formula is C18H17ClFN5O2. The highest BCUT2D eigenvalue weighted by Gasteiger charge is 2.19. The third kappa shape index (κ3) is 4.35. The van der Waals surface area contributed by atoms with Gasteiger partial charge in [-0.05, 0) is 36.8 Å². The van der Waals surface area contributed by atoms with Crippen LogP contribution >= 0.6 is 11.6 Å². The van der Waals surface area contributed by atoms with Crippen LogP contribution in [0.2, 0.25) is 5.02 Å². The van der Waals surface area contributed by atoms with Gasteiger partial charge in [0.05, 0.1) is 42.5 Å². The third-order valence-corrected chi connectivity index (χ3v) is 4.20. The van der Waals surface area contributed by atoms with E-state index < -0.39 is 11.8 Å². The Hall–Kier alpha value is -3.13. The van der Waals surface area contributed by atoms with Crippen molar-refractivity contribution in [1.29, 1.82) is 0 Å². The number of methoxy groups -OCH3 is 1. The highest BCUT2D eigenvalue weighted by molar-refractivity contribution is 6.31. The number of anilines is 2. The average molecular weight is 390 g/mol. The summed E-state index contributed by atoms with van der Waals surface area (Å²) in [7, 11) is 1.51. The fourth-order valence-corrected chi connectivity index (χ4v) is 2.57. The lowest BCUT2D eigenvalue weighted by Crippen LogP contribution is -2.35. The first-order valence-corrected chi connectivity index (χ1v) is 8.38. The predicted molar refractivity (Wildman–Crippen MR) is 101 cm³/mol. The van der Waals surface area contributed by atoms with Gasteiger partial charge < -0.3 is 10.1 Å². The Morgan fingerprint density at radius 3 is 2.74 bits per heavy atom. The van der Waals surface area contributed by atoms with Crippen molar-refractivity contribution in [3.05, 3.63) is 64.8 Å². The lowest BCUT2D eigenvalue weighted by atomic mass is 10.2. The molecule has 0 aliphatic heterocycles. The van der Waals surface area contributed by atoms with E-state index in [0.29, 0.717) is 17.3 Å². The first-order chi connectivity index (χ1) is 13.0. The molecule has 0 atom stereocenters. The van der Waals surface area contributed by atoms with Crippen molar-refractivity contribution in [3.63, 3.8) is 0 Å². The number of nitrogens with one attached hydrogen (secondary N) is 2. The molecule has 0 radical (unpaired) electrons. The van der Waals surface area contributed by atoms with Crippen LogP contribution in [0.15, 0.2) is 42.7 Å². The zero-order valence-corrected chi connectivity index (χ0v) is 15.4. The lowest BCUT2D eigenvalue weighted by Gasteiger charge is -2.23. The number of ether oxygens (including phenoxy) is 1. The second kappa shape index (κ2) is 8.05. The first-order valence-electron chi connectivity index (χ1n) is 8.00. The van der Waals surface area contributed by atoms with E-state index >= 15 is 0 Å². The minimum atomic E-state index is -0.557. The molecule has 7 nitrogen and oxygen atoms in total. The maximum atomic E-state index is 13.3. The fraction of sp³-hybridized carbons (Fsp3) is 0.167. The van der Waals surface area contributed by atoms with Gasteiger partial charge in [-0.25, -0.2) is 14.2 Å². The summed E-state index contributed by atoms with van der Waals surface area (Å²) in [6.07, 6.45) is 3.21. The molecule has 2 heterocycles. The van der Waals surface area contributed by atoms with Crippen LogP contribution in [0.3, 0.4) is 0 Å². The first kappa shape index (κ1) is 18.7. The summed E-state index contributed by atoms with van der Waals surface area (Å²) in [5.41, 5.74) is 2.62. The minimum absolute atomic E-state index is 0.0742. The molecule has 0 saturated heterocycles. The molecule has 0 fully saturated rings. The number of nitrogens with zero attached hydrogens (tertiary/aromatic N) is 3. The number of H-pyrrole nitrogens is 1. The maximum absolute atomic E-state index is 13.3. The lowest BCUT2D eigenvalue weighted by molar-refractivity contribution is 0.256. The number of hydrogen-bond donors (Lipinski definition) is 2. The Balaban J connectivity index is 1.88. The predicted octanol–water partition coefficient (Wildman–Crippen LogP) is 4.15. The summed E-state index contributed by atoms with van der Waals surface area (Å²) < 4.78 is 18.4. The normalized spacial score (nSPS) is 10.5. The van der Waals surface area contributed by atoms with Crippen LogP contribution in [0.4, 0.5) is 20.6 Å². The van der Waals surface area contributed by atoms with Gasteiger partial charge in [-0.15, -0.1) is 0 Å². The number of aromatic nitrogens is 3. The molecule has 0 aliphatic carbocycles. The molecule has 3 aromatic rings. The average Bonchev–Trinajstić information content (AvgIpc) is 3.07. The van der Waals surface area contributed by atoms with E-state index in [9.17, 15) is 9.18 Å². The zero-order valence-electron chi connectivity index (χ0n) is 14.7. The number of rotatable bonds is 5. The Bertz CT molecular complexity index is 945. The number of aryl methyl sites for hydroxylation is 1. The van der Waals surface area contributed by atoms with E-state index in [4.69, 9.17) is 16.3 Å². The highest BCUT2D eigenvalue weighted by atomic mass is 35.5. The zero-order chi connectivity index (χ0) is 19.4. The van der Waals surface area contributed by atoms with Crippen LogP contribution in [-0.4, -0.2) is 28.3 Å². The van der Waals surface area contributed by atoms with E-state index in [1.165, 1.54) is 36.4 Å². The molecule has 0 aliphatic rings. The summed E-state index contributed by atoms with van der Waals surface area (Å²) >= 11 is 5.79. The van der Waals surface area contributed by atoms with Crippen LogP contribution in [0.25, 0.3) is 0 Å². The van der Waals surface area contributed by atoms with Gasteiger partial charge in [0.25, 0.3) is 0 Å². The van der Waals surface area contributed by atoms with Crippen LogP contribution in [0, 0.1) is 12.7 Å². The number of amides is 2. The number of urea groups is 1. The third-order valence-electron chi connectivity index (χ3n) is 3.91. The van der Waals surface area contributed by atoms with Crippen molar-refractivity contribution < 1.29 is 13.9 Å². The van der Waals surface area contributed by atoms with Crippen molar-refractivity contribution in [2.45, 2.75) is 13.5 Å². The number of benzene rings is 1. The van der Waals surface area contributed by atoms with Gasteiger partial charge in [0.2, 0.25) is 5.88 Å². The van der Waals surface area contributed by atoms with Crippen molar-refractivity contribution in [2.75, 3.05) is 17.3 Å². The summed E-state index contributed by atoms with van der Waals surface area (Å²) in [4.78, 5) is 18.5. The SMILES string of the molecule is COc1ccc(N(Cc2[nH]ncc2C)C(=O)Nc2ccc(F)c(Cl)c2)cn1. The Morgan fingerprint density at radius 2 is 2.15 bits per heavy atom. The van der Waals surface area contributed by atoms with Crippen molar-refractivity contribution in [3.8, 4) is 5.88 Å². The van der Waals surface area contributed by atoms with E-state index in [-0.39, 0.29) is 11.6 Å². The second-order valence-corrected chi connectivity index (χ2v) is 6.14. The molecule has 2 amide bonds. The van der Waals surface area contributed by atoms with Crippen molar-refractivity contribution in [2.24, 2.45) is 0 Å². The van der Waals surface area contributed by atoms with Crippen LogP contribution in [0.5, 0.6) is 5.88 Å². The van der Waals surface area contributed by atoms with Gasteiger partial charge in [0.15, 0.2) is 0 Å². The van der Waals surface area contributed by atoms with Crippen LogP contribution in [-0.2, 0) is 6.54 Å². The van der Waals surface area contributed by atoms with Crippen molar-refractivity contribution in [1.82, 2.24) is 15.2 Å². The summed E-state index contributed by atoms with van der Waals surface area (Å²) in [5, 5.41) is 9.50. The van der Waals surface area contributed by atoms with Crippen LogP contribution in [0.1, 0.15) is 11.3 Å². The topological polar surface area (TPSA) is 83.1 Å². The smallest absolute Gasteiger partial charge is 0.326 e. The molecule has 2 aromatic heterocycles. The maximum Gasteiger partial charge on any atom is 0.326 e. The summed E-state index contributed by atoms with van der Waals surface area (Å²) in [6, 6.07) is 6.92. The molecule has 0 bridgehead atoms. The monoisotopic (exact) mass is 389 g/mol. The summed E-state index contributed by atoms with van der Waals surface area (Å²) in [5.74, 6) is -0.124. The van der Waals surface area contributed by atoms with E-state index in [1.54, 1.807) is 18.3 Å². The van der Waals surface area contributed by atoms with Crippen LogP contribution < -0.4 is 15.0 Å². The number of pyridine rings is 1. The fourth-order valence-electron chi connectivity index (χ4n) is 2.39. The van der Waals surface area contributed by atoms with Gasteiger partial charge in [-0.3, -0.25) is 10.00 Å². The molecule has 0 unspecified atom stereocenters. The molecule has 9 heteroatoms.